The number of sulfonamides is 1. The molecule has 96 valence electrons. The van der Waals surface area contributed by atoms with Crippen LogP contribution in [0.25, 0.3) is 0 Å². The largest absolute Gasteiger partial charge is 0.481 e. The monoisotopic (exact) mass is 267 g/mol. The van der Waals surface area contributed by atoms with Crippen LogP contribution in [0.3, 0.4) is 0 Å². The third kappa shape index (κ3) is 5.92. The average Bonchev–Trinajstić information content (AvgIpc) is 2.22. The lowest BCUT2D eigenvalue weighted by molar-refractivity contribution is -0.136. The van der Waals surface area contributed by atoms with Gasteiger partial charge in [-0.15, -0.1) is 0 Å². The Labute approximate surface area is 106 Å². The van der Waals surface area contributed by atoms with Crippen LogP contribution in [-0.2, 0) is 14.8 Å². The van der Waals surface area contributed by atoms with E-state index in [2.05, 4.69) is 16.6 Å². The van der Waals surface area contributed by atoms with Gasteiger partial charge in [0.15, 0.2) is 0 Å². The van der Waals surface area contributed by atoms with Crippen LogP contribution in [0.5, 0.6) is 0 Å². The molecular formula is C12H13NO4S. The molecule has 2 N–H and O–H groups in total. The van der Waals surface area contributed by atoms with Crippen molar-refractivity contribution < 1.29 is 18.3 Å². The first-order valence-electron chi connectivity index (χ1n) is 5.15. The summed E-state index contributed by atoms with van der Waals surface area (Å²) in [6.45, 7) is 0. The Kier molecular flexibility index (Phi) is 4.75. The van der Waals surface area contributed by atoms with Crippen molar-refractivity contribution in [3.8, 4) is 11.8 Å². The molecule has 0 aliphatic rings. The third-order valence-corrected chi connectivity index (χ3v) is 2.47. The van der Waals surface area contributed by atoms with Gasteiger partial charge in [-0.05, 0) is 18.2 Å². The molecule has 0 aliphatic carbocycles. The van der Waals surface area contributed by atoms with Crippen molar-refractivity contribution in [2.75, 3.05) is 11.0 Å². The minimum Gasteiger partial charge on any atom is -0.481 e. The summed E-state index contributed by atoms with van der Waals surface area (Å²) in [5.74, 6) is 4.60. The maximum atomic E-state index is 11.0. The first-order chi connectivity index (χ1) is 8.37. The second kappa shape index (κ2) is 6.07. The van der Waals surface area contributed by atoms with E-state index < -0.39 is 16.0 Å². The zero-order valence-electron chi connectivity index (χ0n) is 9.80. The summed E-state index contributed by atoms with van der Waals surface area (Å²) in [4.78, 5) is 10.3. The Morgan fingerprint density at radius 2 is 2.17 bits per heavy atom. The van der Waals surface area contributed by atoms with Gasteiger partial charge in [0.25, 0.3) is 0 Å². The molecule has 0 saturated heterocycles. The van der Waals surface area contributed by atoms with E-state index in [0.717, 1.165) is 6.26 Å². The normalized spacial score (nSPS) is 10.3. The summed E-state index contributed by atoms with van der Waals surface area (Å²) in [5, 5.41) is 8.44. The van der Waals surface area contributed by atoms with Gasteiger partial charge in [-0.25, -0.2) is 8.42 Å². The smallest absolute Gasteiger partial charge is 0.304 e. The van der Waals surface area contributed by atoms with E-state index in [9.17, 15) is 13.2 Å². The fourth-order valence-corrected chi connectivity index (χ4v) is 1.76. The number of anilines is 1. The molecule has 1 aromatic carbocycles. The Hall–Kier alpha value is -2.00. The van der Waals surface area contributed by atoms with Gasteiger partial charge in [0.1, 0.15) is 0 Å². The number of carbonyl (C=O) groups is 1. The molecule has 1 aromatic rings. The molecule has 0 saturated carbocycles. The van der Waals surface area contributed by atoms with Gasteiger partial charge in [0, 0.05) is 17.7 Å². The van der Waals surface area contributed by atoms with Crippen LogP contribution in [0, 0.1) is 11.8 Å². The molecule has 0 amide bonds. The van der Waals surface area contributed by atoms with Crippen LogP contribution < -0.4 is 4.72 Å². The highest BCUT2D eigenvalue weighted by Crippen LogP contribution is 2.11. The molecule has 0 aliphatic heterocycles. The fourth-order valence-electron chi connectivity index (χ4n) is 1.21. The van der Waals surface area contributed by atoms with Gasteiger partial charge in [-0.2, -0.15) is 0 Å². The predicted molar refractivity (Wildman–Crippen MR) is 68.7 cm³/mol. The maximum absolute atomic E-state index is 11.0. The molecule has 0 heterocycles. The Morgan fingerprint density at radius 1 is 1.44 bits per heavy atom. The Bertz CT molecular complexity index is 596. The number of aliphatic carboxylic acids is 1. The van der Waals surface area contributed by atoms with E-state index in [1.165, 1.54) is 0 Å². The Balaban J connectivity index is 2.73. The van der Waals surface area contributed by atoms with Crippen molar-refractivity contribution in [2.24, 2.45) is 0 Å². The fraction of sp³-hybridized carbons (Fsp3) is 0.250. The molecule has 0 spiro atoms. The summed E-state index contributed by atoms with van der Waals surface area (Å²) in [7, 11) is -3.31. The number of hydrogen-bond donors (Lipinski definition) is 2. The lowest BCUT2D eigenvalue weighted by Gasteiger charge is -2.03. The molecule has 0 unspecified atom stereocenters. The molecule has 6 heteroatoms. The molecule has 0 aromatic heterocycles. The number of carboxylic acid groups (broad SMARTS) is 1. The van der Waals surface area contributed by atoms with Crippen LogP contribution in [0.2, 0.25) is 0 Å². The van der Waals surface area contributed by atoms with Crippen LogP contribution in [0.1, 0.15) is 18.4 Å². The first-order valence-corrected chi connectivity index (χ1v) is 7.04. The first kappa shape index (κ1) is 14.1. The minimum absolute atomic E-state index is 0.00567. The molecule has 0 radical (unpaired) electrons. The van der Waals surface area contributed by atoms with Gasteiger partial charge in [0.05, 0.1) is 12.7 Å². The molecule has 1 rings (SSSR count). The number of rotatable bonds is 4. The number of hydrogen-bond acceptors (Lipinski definition) is 3. The number of nitrogens with one attached hydrogen (secondary N) is 1. The van der Waals surface area contributed by atoms with Crippen LogP contribution in [0.15, 0.2) is 24.3 Å². The van der Waals surface area contributed by atoms with Crippen molar-refractivity contribution in [3.63, 3.8) is 0 Å². The zero-order valence-corrected chi connectivity index (χ0v) is 10.6. The predicted octanol–water partition coefficient (Wildman–Crippen LogP) is 1.27. The maximum Gasteiger partial charge on any atom is 0.304 e. The molecule has 0 bridgehead atoms. The number of carboxylic acids is 1. The zero-order chi connectivity index (χ0) is 13.6. The molecular weight excluding hydrogens is 254 g/mol. The van der Waals surface area contributed by atoms with Crippen LogP contribution in [-0.4, -0.2) is 25.7 Å². The third-order valence-electron chi connectivity index (χ3n) is 1.86. The van der Waals surface area contributed by atoms with E-state index in [1.807, 2.05) is 0 Å². The number of benzene rings is 1. The van der Waals surface area contributed by atoms with Crippen LogP contribution in [0.4, 0.5) is 5.69 Å². The summed E-state index contributed by atoms with van der Waals surface area (Å²) in [6, 6.07) is 6.61. The second-order valence-electron chi connectivity index (χ2n) is 3.65. The lowest BCUT2D eigenvalue weighted by Crippen LogP contribution is -2.09. The molecule has 0 fully saturated rings. The minimum atomic E-state index is -3.31. The van der Waals surface area contributed by atoms with Crippen molar-refractivity contribution >= 4 is 21.7 Å². The highest BCUT2D eigenvalue weighted by Gasteiger charge is 2.01. The van der Waals surface area contributed by atoms with Gasteiger partial charge in [-0.1, -0.05) is 17.9 Å². The van der Waals surface area contributed by atoms with E-state index in [1.54, 1.807) is 24.3 Å². The van der Waals surface area contributed by atoms with Crippen LogP contribution >= 0.6 is 0 Å². The standard InChI is InChI=1S/C12H13NO4S/c1-18(16,17)13-11-7-4-6-10(9-11)5-2-3-8-12(14)15/h4,6-7,9,13H,3,8H2,1H3,(H,14,15). The van der Waals surface area contributed by atoms with E-state index in [0.29, 0.717) is 11.3 Å². The van der Waals surface area contributed by atoms with Crippen molar-refractivity contribution in [3.05, 3.63) is 29.8 Å². The molecule has 18 heavy (non-hydrogen) atoms. The van der Waals surface area contributed by atoms with Gasteiger partial charge in [0.2, 0.25) is 10.0 Å². The van der Waals surface area contributed by atoms with Crippen molar-refractivity contribution in [1.29, 1.82) is 0 Å². The van der Waals surface area contributed by atoms with E-state index >= 15 is 0 Å². The quantitative estimate of drug-likeness (QED) is 0.805. The summed E-state index contributed by atoms with van der Waals surface area (Å²) in [5.41, 5.74) is 1.07. The molecule has 0 atom stereocenters. The topological polar surface area (TPSA) is 83.5 Å². The lowest BCUT2D eigenvalue weighted by atomic mass is 10.2. The molecule has 5 nitrogen and oxygen atoms in total. The van der Waals surface area contributed by atoms with Crippen molar-refractivity contribution in [1.82, 2.24) is 0 Å². The average molecular weight is 267 g/mol. The summed E-state index contributed by atoms with van der Waals surface area (Å²) in [6.07, 6.45) is 1.32. The van der Waals surface area contributed by atoms with E-state index in [-0.39, 0.29) is 12.8 Å². The van der Waals surface area contributed by atoms with Gasteiger partial charge in [-0.3, -0.25) is 9.52 Å². The van der Waals surface area contributed by atoms with E-state index in [4.69, 9.17) is 5.11 Å². The Morgan fingerprint density at radius 3 is 2.78 bits per heavy atom. The van der Waals surface area contributed by atoms with Crippen molar-refractivity contribution in [2.45, 2.75) is 12.8 Å². The highest BCUT2D eigenvalue weighted by atomic mass is 32.2. The summed E-state index contributed by atoms with van der Waals surface area (Å²) >= 11 is 0. The van der Waals surface area contributed by atoms with Gasteiger partial charge < -0.3 is 5.11 Å². The highest BCUT2D eigenvalue weighted by molar-refractivity contribution is 7.92. The second-order valence-corrected chi connectivity index (χ2v) is 5.40. The SMILES string of the molecule is CS(=O)(=O)Nc1cccc(C#CCCC(=O)O)c1. The summed E-state index contributed by atoms with van der Waals surface area (Å²) < 4.78 is 24.4. The van der Waals surface area contributed by atoms with Gasteiger partial charge >= 0.3 is 5.97 Å².